The van der Waals surface area contributed by atoms with Gasteiger partial charge in [-0.05, 0) is 35.4 Å². The van der Waals surface area contributed by atoms with Crippen molar-refractivity contribution in [2.75, 3.05) is 21.3 Å². The number of amides is 1. The van der Waals surface area contributed by atoms with E-state index in [1.807, 2.05) is 42.5 Å². The van der Waals surface area contributed by atoms with E-state index < -0.39 is 6.04 Å². The second kappa shape index (κ2) is 7.03. The van der Waals surface area contributed by atoms with Crippen LogP contribution in [0.1, 0.15) is 17.2 Å². The molecule has 6 heteroatoms. The summed E-state index contributed by atoms with van der Waals surface area (Å²) < 4.78 is 15.8. The minimum atomic E-state index is -0.520. The summed E-state index contributed by atoms with van der Waals surface area (Å²) in [5.74, 6) is 2.01. The Hall–Kier alpha value is -2.73. The third kappa shape index (κ3) is 3.13. The lowest BCUT2D eigenvalue weighted by atomic mass is 9.88. The summed E-state index contributed by atoms with van der Waals surface area (Å²) >= 11 is 0. The molecule has 1 aliphatic rings. The zero-order valence-corrected chi connectivity index (χ0v) is 14.6. The van der Waals surface area contributed by atoms with Crippen molar-refractivity contribution >= 4 is 5.91 Å². The number of β-lactam (4-membered cyclic amide) rings is 1. The first-order valence-corrected chi connectivity index (χ1v) is 8.00. The fraction of sp³-hybridized carbons (Fsp3) is 0.316. The zero-order chi connectivity index (χ0) is 18.0. The van der Waals surface area contributed by atoms with E-state index >= 15 is 0 Å². The van der Waals surface area contributed by atoms with Gasteiger partial charge in [0, 0.05) is 6.54 Å². The normalized spacial score (nSPS) is 19.4. The van der Waals surface area contributed by atoms with Gasteiger partial charge in [-0.1, -0.05) is 18.2 Å². The molecule has 0 saturated carbocycles. The van der Waals surface area contributed by atoms with Crippen LogP contribution in [0.3, 0.4) is 0 Å². The van der Waals surface area contributed by atoms with Gasteiger partial charge in [0.1, 0.15) is 11.8 Å². The monoisotopic (exact) mass is 342 g/mol. The van der Waals surface area contributed by atoms with E-state index in [-0.39, 0.29) is 11.9 Å². The maximum atomic E-state index is 12.3. The summed E-state index contributed by atoms with van der Waals surface area (Å²) in [7, 11) is 4.80. The third-order valence-corrected chi connectivity index (χ3v) is 4.50. The predicted octanol–water partition coefficient (Wildman–Crippen LogP) is 2.12. The smallest absolute Gasteiger partial charge is 0.242 e. The van der Waals surface area contributed by atoms with Crippen LogP contribution in [0.15, 0.2) is 42.5 Å². The van der Waals surface area contributed by atoms with E-state index in [0.717, 1.165) is 16.9 Å². The standard InChI is InChI=1S/C19H22N2O4/c1-23-14-7-5-13(6-8-14)18-17(20)19(22)21(18)11-12-4-9-15(24-2)16(10-12)25-3/h4-10,17-18H,11,20H2,1-3H3/t17-,18-/m1/s1. The molecule has 1 heterocycles. The maximum absolute atomic E-state index is 12.3. The number of hydrogen-bond donors (Lipinski definition) is 1. The Kier molecular flexibility index (Phi) is 4.81. The topological polar surface area (TPSA) is 74.0 Å². The molecule has 2 atom stereocenters. The summed E-state index contributed by atoms with van der Waals surface area (Å²) in [5.41, 5.74) is 8.00. The van der Waals surface area contributed by atoms with Gasteiger partial charge in [0.2, 0.25) is 5.91 Å². The SMILES string of the molecule is COc1ccc([C@@H]2[C@@H](N)C(=O)N2Cc2ccc(OC)c(OC)c2)cc1. The van der Waals surface area contributed by atoms with Crippen molar-refractivity contribution < 1.29 is 19.0 Å². The van der Waals surface area contributed by atoms with E-state index in [1.54, 1.807) is 26.2 Å². The molecule has 25 heavy (non-hydrogen) atoms. The number of likely N-dealkylation sites (tertiary alicyclic amines) is 1. The van der Waals surface area contributed by atoms with E-state index in [1.165, 1.54) is 0 Å². The largest absolute Gasteiger partial charge is 0.497 e. The number of methoxy groups -OCH3 is 3. The van der Waals surface area contributed by atoms with Gasteiger partial charge in [0.05, 0.1) is 27.4 Å². The molecular formula is C19H22N2O4. The molecule has 2 aromatic rings. The molecule has 0 bridgehead atoms. The van der Waals surface area contributed by atoms with Gasteiger partial charge < -0.3 is 24.8 Å². The van der Waals surface area contributed by atoms with Crippen LogP contribution in [0.4, 0.5) is 0 Å². The first kappa shape index (κ1) is 17.1. The molecule has 0 unspecified atom stereocenters. The minimum Gasteiger partial charge on any atom is -0.497 e. The van der Waals surface area contributed by atoms with Gasteiger partial charge >= 0.3 is 0 Å². The Labute approximate surface area is 147 Å². The molecule has 1 aliphatic heterocycles. The predicted molar refractivity (Wildman–Crippen MR) is 93.8 cm³/mol. The quantitative estimate of drug-likeness (QED) is 0.814. The second-order valence-electron chi connectivity index (χ2n) is 5.90. The molecule has 1 saturated heterocycles. The highest BCUT2D eigenvalue weighted by Gasteiger charge is 2.45. The molecule has 0 radical (unpaired) electrons. The number of carbonyl (C=O) groups excluding carboxylic acids is 1. The molecule has 0 aliphatic carbocycles. The molecule has 6 nitrogen and oxygen atoms in total. The number of rotatable bonds is 6. The number of benzene rings is 2. The first-order chi connectivity index (χ1) is 12.1. The van der Waals surface area contributed by atoms with Crippen LogP contribution in [0.5, 0.6) is 17.2 Å². The molecule has 1 fully saturated rings. The molecule has 0 aromatic heterocycles. The highest BCUT2D eigenvalue weighted by Crippen LogP contribution is 2.37. The summed E-state index contributed by atoms with van der Waals surface area (Å²) in [4.78, 5) is 14.0. The van der Waals surface area contributed by atoms with Crippen molar-refractivity contribution in [1.82, 2.24) is 4.90 Å². The fourth-order valence-corrected chi connectivity index (χ4v) is 3.12. The lowest BCUT2D eigenvalue weighted by Gasteiger charge is -2.45. The van der Waals surface area contributed by atoms with Gasteiger partial charge in [0.25, 0.3) is 0 Å². The van der Waals surface area contributed by atoms with Crippen molar-refractivity contribution in [2.45, 2.75) is 18.6 Å². The summed E-state index contributed by atoms with van der Waals surface area (Å²) in [6.45, 7) is 0.462. The molecule has 2 aromatic carbocycles. The van der Waals surface area contributed by atoms with Crippen LogP contribution in [0, 0.1) is 0 Å². The number of nitrogens with two attached hydrogens (primary N) is 1. The minimum absolute atomic E-state index is 0.0596. The number of ether oxygens (including phenoxy) is 3. The molecule has 0 spiro atoms. The zero-order valence-electron chi connectivity index (χ0n) is 14.6. The first-order valence-electron chi connectivity index (χ1n) is 8.00. The summed E-state index contributed by atoms with van der Waals surface area (Å²) in [6, 6.07) is 12.6. The summed E-state index contributed by atoms with van der Waals surface area (Å²) in [5, 5.41) is 0. The molecular weight excluding hydrogens is 320 g/mol. The van der Waals surface area contributed by atoms with Crippen LogP contribution in [0.25, 0.3) is 0 Å². The highest BCUT2D eigenvalue weighted by molar-refractivity contribution is 5.89. The number of nitrogens with zero attached hydrogens (tertiary/aromatic N) is 1. The van der Waals surface area contributed by atoms with E-state index in [9.17, 15) is 4.79 Å². The molecule has 2 N–H and O–H groups in total. The maximum Gasteiger partial charge on any atom is 0.242 e. The highest BCUT2D eigenvalue weighted by atomic mass is 16.5. The fourth-order valence-electron chi connectivity index (χ4n) is 3.12. The van der Waals surface area contributed by atoms with Crippen LogP contribution >= 0.6 is 0 Å². The van der Waals surface area contributed by atoms with E-state index in [2.05, 4.69) is 0 Å². The van der Waals surface area contributed by atoms with Crippen LogP contribution in [-0.4, -0.2) is 38.2 Å². The van der Waals surface area contributed by atoms with Gasteiger partial charge in [0.15, 0.2) is 11.5 Å². The van der Waals surface area contributed by atoms with Crippen molar-refractivity contribution in [2.24, 2.45) is 5.73 Å². The van der Waals surface area contributed by atoms with Crippen molar-refractivity contribution in [3.8, 4) is 17.2 Å². The second-order valence-corrected chi connectivity index (χ2v) is 5.90. The number of hydrogen-bond acceptors (Lipinski definition) is 5. The van der Waals surface area contributed by atoms with E-state index in [4.69, 9.17) is 19.9 Å². The van der Waals surface area contributed by atoms with Crippen LogP contribution in [-0.2, 0) is 11.3 Å². The lowest BCUT2D eigenvalue weighted by molar-refractivity contribution is -0.150. The van der Waals surface area contributed by atoms with Gasteiger partial charge in [-0.2, -0.15) is 0 Å². The lowest BCUT2D eigenvalue weighted by Crippen LogP contribution is -2.62. The average Bonchev–Trinajstić information content (AvgIpc) is 2.67. The Morgan fingerprint density at radius 1 is 0.960 bits per heavy atom. The van der Waals surface area contributed by atoms with Crippen LogP contribution in [0.2, 0.25) is 0 Å². The Bertz CT molecular complexity index is 761. The van der Waals surface area contributed by atoms with Crippen molar-refractivity contribution in [1.29, 1.82) is 0 Å². The third-order valence-electron chi connectivity index (χ3n) is 4.50. The summed E-state index contributed by atoms with van der Waals surface area (Å²) in [6.07, 6.45) is 0. The van der Waals surface area contributed by atoms with Crippen LogP contribution < -0.4 is 19.9 Å². The van der Waals surface area contributed by atoms with Crippen molar-refractivity contribution in [3.05, 3.63) is 53.6 Å². The molecule has 3 rings (SSSR count). The van der Waals surface area contributed by atoms with E-state index in [0.29, 0.717) is 18.0 Å². The van der Waals surface area contributed by atoms with Gasteiger partial charge in [-0.3, -0.25) is 4.79 Å². The number of carbonyl (C=O) groups is 1. The van der Waals surface area contributed by atoms with Gasteiger partial charge in [-0.25, -0.2) is 0 Å². The van der Waals surface area contributed by atoms with Gasteiger partial charge in [-0.15, -0.1) is 0 Å². The Balaban J connectivity index is 1.81. The van der Waals surface area contributed by atoms with Crippen molar-refractivity contribution in [3.63, 3.8) is 0 Å². The Morgan fingerprint density at radius 2 is 1.64 bits per heavy atom. The Morgan fingerprint density at radius 3 is 2.24 bits per heavy atom. The average molecular weight is 342 g/mol. The molecule has 132 valence electrons. The molecule has 1 amide bonds.